The highest BCUT2D eigenvalue weighted by Crippen LogP contribution is 2.40. The molecule has 1 saturated carbocycles. The zero-order chi connectivity index (χ0) is 16.0. The fourth-order valence-corrected chi connectivity index (χ4v) is 3.16. The molecule has 0 saturated heterocycles. The fourth-order valence-electron chi connectivity index (χ4n) is 3.16. The molecule has 1 unspecified atom stereocenters. The van der Waals surface area contributed by atoms with Gasteiger partial charge in [-0.1, -0.05) is 34.6 Å². The number of carboxylic acids is 1. The molecule has 0 aromatic heterocycles. The lowest BCUT2D eigenvalue weighted by Gasteiger charge is -2.37. The van der Waals surface area contributed by atoms with E-state index < -0.39 is 11.5 Å². The predicted octanol–water partition coefficient (Wildman–Crippen LogP) is 2.83. The summed E-state index contributed by atoms with van der Waals surface area (Å²) in [6.45, 7) is 14.2. The van der Waals surface area contributed by atoms with Gasteiger partial charge in [0.25, 0.3) is 0 Å². The molecule has 1 aliphatic carbocycles. The second kappa shape index (κ2) is 8.14. The van der Waals surface area contributed by atoms with Crippen LogP contribution in [0.15, 0.2) is 0 Å². The van der Waals surface area contributed by atoms with Gasteiger partial charge in [0.2, 0.25) is 0 Å². The normalized spacial score (nSPS) is 18.5. The Labute approximate surface area is 130 Å². The van der Waals surface area contributed by atoms with Crippen LogP contribution in [-0.2, 0) is 4.79 Å². The van der Waals surface area contributed by atoms with Crippen LogP contribution >= 0.6 is 0 Å². The van der Waals surface area contributed by atoms with Crippen molar-refractivity contribution in [1.29, 1.82) is 0 Å². The van der Waals surface area contributed by atoms with Gasteiger partial charge in [0.1, 0.15) is 5.54 Å². The Morgan fingerprint density at radius 1 is 1.24 bits per heavy atom. The van der Waals surface area contributed by atoms with Crippen molar-refractivity contribution >= 4 is 5.97 Å². The van der Waals surface area contributed by atoms with E-state index in [4.69, 9.17) is 0 Å². The highest BCUT2D eigenvalue weighted by Gasteiger charge is 2.51. The van der Waals surface area contributed by atoms with E-state index >= 15 is 0 Å². The maximum Gasteiger partial charge on any atom is 0.325 e. The lowest BCUT2D eigenvalue weighted by Crippen LogP contribution is -2.61. The molecule has 0 aromatic rings. The van der Waals surface area contributed by atoms with Crippen LogP contribution in [0, 0.1) is 17.8 Å². The minimum Gasteiger partial charge on any atom is -0.480 e. The van der Waals surface area contributed by atoms with Crippen molar-refractivity contribution in [3.63, 3.8) is 0 Å². The summed E-state index contributed by atoms with van der Waals surface area (Å²) in [6.07, 6.45) is 3.05. The molecule has 1 fully saturated rings. The number of nitrogens with one attached hydrogen (secondary N) is 1. The Bertz CT molecular complexity index is 317. The Hall–Kier alpha value is -0.610. The van der Waals surface area contributed by atoms with Crippen LogP contribution in [0.25, 0.3) is 0 Å². The molecule has 21 heavy (non-hydrogen) atoms. The lowest BCUT2D eigenvalue weighted by atomic mass is 9.91. The second-order valence-electron chi connectivity index (χ2n) is 7.46. The predicted molar refractivity (Wildman–Crippen MR) is 87.5 cm³/mol. The third-order valence-corrected chi connectivity index (χ3v) is 4.07. The molecule has 4 nitrogen and oxygen atoms in total. The van der Waals surface area contributed by atoms with E-state index in [0.717, 1.165) is 38.9 Å². The molecule has 0 spiro atoms. The van der Waals surface area contributed by atoms with Crippen molar-refractivity contribution in [3.05, 3.63) is 0 Å². The van der Waals surface area contributed by atoms with Gasteiger partial charge in [-0.2, -0.15) is 0 Å². The van der Waals surface area contributed by atoms with Crippen molar-refractivity contribution in [2.75, 3.05) is 26.2 Å². The molecular formula is C17H34N2O2. The number of carboxylic acid groups (broad SMARTS) is 1. The molecular weight excluding hydrogens is 264 g/mol. The molecule has 0 aliphatic heterocycles. The number of nitrogens with zero attached hydrogens (tertiary/aromatic N) is 1. The molecule has 0 bridgehead atoms. The van der Waals surface area contributed by atoms with Crippen LogP contribution in [-0.4, -0.2) is 47.7 Å². The number of rotatable bonds is 11. The highest BCUT2D eigenvalue weighted by atomic mass is 16.4. The van der Waals surface area contributed by atoms with Gasteiger partial charge in [-0.25, -0.2) is 0 Å². The van der Waals surface area contributed by atoms with Crippen LogP contribution in [0.1, 0.15) is 53.9 Å². The molecule has 1 aliphatic rings. The molecule has 4 heteroatoms. The number of hydrogen-bond donors (Lipinski definition) is 2. The molecule has 0 aromatic carbocycles. The minimum atomic E-state index is -0.750. The van der Waals surface area contributed by atoms with E-state index in [1.807, 2.05) is 0 Å². The third kappa shape index (κ3) is 5.59. The van der Waals surface area contributed by atoms with Crippen LogP contribution < -0.4 is 5.32 Å². The Kier molecular flexibility index (Phi) is 7.14. The quantitative estimate of drug-likeness (QED) is 0.616. The van der Waals surface area contributed by atoms with E-state index in [-0.39, 0.29) is 0 Å². The number of hydrogen-bond acceptors (Lipinski definition) is 3. The van der Waals surface area contributed by atoms with Crippen LogP contribution in [0.2, 0.25) is 0 Å². The summed E-state index contributed by atoms with van der Waals surface area (Å²) in [5, 5.41) is 13.3. The van der Waals surface area contributed by atoms with Crippen molar-refractivity contribution in [2.24, 2.45) is 17.8 Å². The van der Waals surface area contributed by atoms with E-state index in [2.05, 4.69) is 44.8 Å². The summed E-state index contributed by atoms with van der Waals surface area (Å²) < 4.78 is 0. The lowest BCUT2D eigenvalue weighted by molar-refractivity contribution is -0.147. The van der Waals surface area contributed by atoms with Gasteiger partial charge < -0.3 is 15.3 Å². The van der Waals surface area contributed by atoms with Crippen LogP contribution in [0.5, 0.6) is 0 Å². The van der Waals surface area contributed by atoms with E-state index in [1.165, 1.54) is 0 Å². The van der Waals surface area contributed by atoms with Gasteiger partial charge in [0.05, 0.1) is 0 Å². The zero-order valence-corrected chi connectivity index (χ0v) is 14.5. The van der Waals surface area contributed by atoms with Crippen molar-refractivity contribution in [1.82, 2.24) is 10.2 Å². The summed E-state index contributed by atoms with van der Waals surface area (Å²) in [7, 11) is 0. The summed E-state index contributed by atoms with van der Waals surface area (Å²) >= 11 is 0. The first-order valence-electron chi connectivity index (χ1n) is 8.52. The average molecular weight is 298 g/mol. The molecule has 0 radical (unpaired) electrons. The molecule has 1 atom stereocenters. The van der Waals surface area contributed by atoms with Gasteiger partial charge in [0.15, 0.2) is 0 Å². The maximum absolute atomic E-state index is 12.0. The van der Waals surface area contributed by atoms with Crippen LogP contribution in [0.4, 0.5) is 0 Å². The first-order chi connectivity index (χ1) is 9.81. The summed E-state index contributed by atoms with van der Waals surface area (Å²) in [4.78, 5) is 14.4. The van der Waals surface area contributed by atoms with Crippen LogP contribution in [0.3, 0.4) is 0 Å². The Morgan fingerprint density at radius 2 is 1.76 bits per heavy atom. The smallest absolute Gasteiger partial charge is 0.325 e. The zero-order valence-electron chi connectivity index (χ0n) is 14.5. The Balaban J connectivity index is 2.86. The van der Waals surface area contributed by atoms with Crippen molar-refractivity contribution < 1.29 is 9.90 Å². The summed E-state index contributed by atoms with van der Waals surface area (Å²) in [5.41, 5.74) is -0.750. The Morgan fingerprint density at radius 3 is 2.10 bits per heavy atom. The molecule has 0 amide bonds. The fraction of sp³-hybridized carbons (Fsp3) is 0.941. The number of carbonyl (C=O) groups is 1. The average Bonchev–Trinajstić information content (AvgIpc) is 3.16. The topological polar surface area (TPSA) is 52.6 Å². The maximum atomic E-state index is 12.0. The first kappa shape index (κ1) is 18.4. The third-order valence-electron chi connectivity index (χ3n) is 4.07. The molecule has 124 valence electrons. The standard InChI is InChI=1S/C17H34N2O2/c1-6-9-18-17(16(20)21,15-7-8-15)12-19(10-13(2)3)11-14(4)5/h13-15,18H,6-12H2,1-5H3,(H,20,21). The van der Waals surface area contributed by atoms with E-state index in [1.54, 1.807) is 0 Å². The van der Waals surface area contributed by atoms with E-state index in [0.29, 0.717) is 24.3 Å². The molecule has 2 N–H and O–H groups in total. The van der Waals surface area contributed by atoms with Gasteiger partial charge >= 0.3 is 5.97 Å². The molecule has 0 heterocycles. The number of aliphatic carboxylic acids is 1. The van der Waals surface area contributed by atoms with Gasteiger partial charge in [-0.15, -0.1) is 0 Å². The summed E-state index contributed by atoms with van der Waals surface area (Å²) in [5.74, 6) is 0.737. The van der Waals surface area contributed by atoms with Gasteiger partial charge in [-0.3, -0.25) is 4.79 Å². The summed E-state index contributed by atoms with van der Waals surface area (Å²) in [6, 6.07) is 0. The van der Waals surface area contributed by atoms with Crippen molar-refractivity contribution in [3.8, 4) is 0 Å². The van der Waals surface area contributed by atoms with E-state index in [9.17, 15) is 9.90 Å². The molecule has 1 rings (SSSR count). The van der Waals surface area contributed by atoms with Gasteiger partial charge in [0, 0.05) is 19.6 Å². The first-order valence-corrected chi connectivity index (χ1v) is 8.52. The van der Waals surface area contributed by atoms with Crippen molar-refractivity contribution in [2.45, 2.75) is 59.4 Å². The minimum absolute atomic E-state index is 0.295. The largest absolute Gasteiger partial charge is 0.480 e. The monoisotopic (exact) mass is 298 g/mol. The van der Waals surface area contributed by atoms with Gasteiger partial charge in [-0.05, 0) is 43.6 Å². The highest BCUT2D eigenvalue weighted by molar-refractivity contribution is 5.80. The second-order valence-corrected chi connectivity index (χ2v) is 7.46. The SMILES string of the molecule is CCCNC(CN(CC(C)C)CC(C)C)(C(=O)O)C1CC1.